The second kappa shape index (κ2) is 87.7. The molecule has 18 heteroatoms. The van der Waals surface area contributed by atoms with E-state index in [0.29, 0.717) is 19.3 Å². The van der Waals surface area contributed by atoms with Crippen LogP contribution in [-0.4, -0.2) is 95.9 Å². The van der Waals surface area contributed by atoms with Gasteiger partial charge in [0.2, 0.25) is 0 Å². The Morgan fingerprint density at radius 1 is 0.243 bits per heavy atom. The van der Waals surface area contributed by atoms with Gasteiger partial charge in [-0.05, 0) is 161 Å². The minimum atomic E-state index is -4.95. The van der Waals surface area contributed by atoms with Crippen LogP contribution in [0.15, 0.2) is 194 Å². The lowest BCUT2D eigenvalue weighted by molar-refractivity contribution is -0.161. The number of rotatable bonds is 83. The maximum atomic E-state index is 13.0. The van der Waals surface area contributed by atoms with Crippen molar-refractivity contribution >= 4 is 33.6 Å². The van der Waals surface area contributed by atoms with Crippen molar-refractivity contribution in [2.75, 3.05) is 39.6 Å². The van der Waals surface area contributed by atoms with Gasteiger partial charge in [-0.25, -0.2) is 9.13 Å². The van der Waals surface area contributed by atoms with Crippen LogP contribution >= 0.6 is 15.6 Å². The number of carbonyl (C=O) groups is 3. The van der Waals surface area contributed by atoms with Gasteiger partial charge < -0.3 is 34.2 Å². The maximum Gasteiger partial charge on any atom is 0.472 e. The largest absolute Gasteiger partial charge is 0.472 e. The zero-order valence-electron chi connectivity index (χ0n) is 71.9. The van der Waals surface area contributed by atoms with Gasteiger partial charge in [0.05, 0.1) is 26.4 Å². The summed E-state index contributed by atoms with van der Waals surface area (Å²) in [4.78, 5) is 58.9. The summed E-state index contributed by atoms with van der Waals surface area (Å²) in [7, 11) is -9.82. The van der Waals surface area contributed by atoms with Gasteiger partial charge in [0.1, 0.15) is 25.4 Å². The molecule has 0 saturated heterocycles. The van der Waals surface area contributed by atoms with E-state index >= 15 is 0 Å². The fourth-order valence-electron chi connectivity index (χ4n) is 11.6. The first-order chi connectivity index (χ1) is 56.2. The molecule has 115 heavy (non-hydrogen) atoms. The van der Waals surface area contributed by atoms with Gasteiger partial charge in [-0.3, -0.25) is 32.5 Å². The van der Waals surface area contributed by atoms with Crippen molar-refractivity contribution in [3.63, 3.8) is 0 Å². The molecule has 0 aliphatic carbocycles. The lowest BCUT2D eigenvalue weighted by Gasteiger charge is -2.21. The van der Waals surface area contributed by atoms with Crippen LogP contribution in [0.1, 0.15) is 342 Å². The number of ether oxygens (including phenoxy) is 3. The van der Waals surface area contributed by atoms with Gasteiger partial charge in [-0.15, -0.1) is 0 Å². The van der Waals surface area contributed by atoms with E-state index in [-0.39, 0.29) is 19.3 Å². The fourth-order valence-corrected chi connectivity index (χ4v) is 13.2. The second-order valence-corrected chi connectivity index (χ2v) is 32.2. The second-order valence-electron chi connectivity index (χ2n) is 29.3. The molecule has 0 aliphatic rings. The minimum Gasteiger partial charge on any atom is -0.463 e. The summed E-state index contributed by atoms with van der Waals surface area (Å²) in [6.07, 6.45) is 116. The molecule has 0 heterocycles. The van der Waals surface area contributed by atoms with Gasteiger partial charge in [-0.2, -0.15) is 0 Å². The lowest BCUT2D eigenvalue weighted by Crippen LogP contribution is -2.30. The number of carbonyl (C=O) groups excluding carboxylic acids is 3. The topological polar surface area (TPSA) is 231 Å². The predicted molar refractivity (Wildman–Crippen MR) is 481 cm³/mol. The molecule has 654 valence electrons. The lowest BCUT2D eigenvalue weighted by atomic mass is 10.0. The average molecular weight is 1640 g/mol. The Morgan fingerprint density at radius 2 is 0.435 bits per heavy atom. The third-order valence-electron chi connectivity index (χ3n) is 18.3. The van der Waals surface area contributed by atoms with Gasteiger partial charge in [0.15, 0.2) is 6.10 Å². The first-order valence-electron chi connectivity index (χ1n) is 44.7. The number of esters is 3. The summed E-state index contributed by atoms with van der Waals surface area (Å²) in [5, 5.41) is 20.7. The van der Waals surface area contributed by atoms with E-state index in [1.807, 2.05) is 0 Å². The van der Waals surface area contributed by atoms with Gasteiger partial charge in [0.25, 0.3) is 0 Å². The average Bonchev–Trinajstić information content (AvgIpc) is 0.903. The number of phosphoric ester groups is 2. The van der Waals surface area contributed by atoms with Gasteiger partial charge in [-0.1, -0.05) is 356 Å². The molecule has 16 nitrogen and oxygen atoms in total. The van der Waals surface area contributed by atoms with Crippen LogP contribution in [0.4, 0.5) is 0 Å². The Hall–Kier alpha value is -5.61. The van der Waals surface area contributed by atoms with E-state index < -0.39 is 91.5 Å². The molecular weight excluding hydrogens is 1480 g/mol. The van der Waals surface area contributed by atoms with E-state index in [1.54, 1.807) is 0 Å². The maximum absolute atomic E-state index is 13.0. The number of aliphatic hydroxyl groups excluding tert-OH is 2. The molecule has 0 aliphatic heterocycles. The van der Waals surface area contributed by atoms with Gasteiger partial charge >= 0.3 is 33.6 Å². The summed E-state index contributed by atoms with van der Waals surface area (Å²) >= 11 is 0. The minimum absolute atomic E-state index is 0.0707. The number of aliphatic hydroxyl groups is 2. The van der Waals surface area contributed by atoms with E-state index in [1.165, 1.54) is 96.3 Å². The number of hydrogen-bond acceptors (Lipinski definition) is 14. The highest BCUT2D eigenvalue weighted by molar-refractivity contribution is 7.47. The molecule has 0 aromatic rings. The molecule has 0 radical (unpaired) electrons. The standard InChI is InChI=1S/C97H160O16P2/c1-4-7-10-13-16-19-22-25-28-31-33-35-37-39-41-43-45-47-49-51-53-55-57-60-62-65-68-71-74-77-80-83-95(100)107-86-92(98)87-109-114(103,104)110-88-93(99)89-111-115(105,106)112-91-94(113-97(102)85-82-79-76-73-70-67-64-59-30-27-24-21-18-15-12-9-6-3)90-108-96(101)84-81-78-75-72-69-66-63-61-58-56-54-52-50-48-46-44-42-40-38-36-34-32-29-26-23-20-17-14-11-8-5-2/h7-12,16-21,25-30,33-36,39-42,45-48,64,67,92-94,98-99H,4-6,13-15,22-24,31-32,37-38,43-44,49-63,65-66,68-91H2,1-3H3,(H,103,104)(H,105,106)/b10-7-,11-8-,12-9-,19-16-,20-17-,21-18-,28-25-,29-26-,30-27-,35-33-,36-34-,41-39-,42-40-,47-45-,48-46-,67-64-. The van der Waals surface area contributed by atoms with Crippen molar-refractivity contribution in [1.82, 2.24) is 0 Å². The van der Waals surface area contributed by atoms with Crippen LogP contribution in [-0.2, 0) is 55.8 Å². The Balaban J connectivity index is 4.56. The smallest absolute Gasteiger partial charge is 0.463 e. The molecular formula is C97H160O16P2. The van der Waals surface area contributed by atoms with Crippen LogP contribution in [0.5, 0.6) is 0 Å². The Bertz CT molecular complexity index is 2870. The predicted octanol–water partition coefficient (Wildman–Crippen LogP) is 27.4. The van der Waals surface area contributed by atoms with Crippen molar-refractivity contribution in [3.05, 3.63) is 194 Å². The third kappa shape index (κ3) is 89.0. The fraction of sp³-hybridized carbons (Fsp3) is 0.639. The number of unbranched alkanes of at least 4 members (excludes halogenated alkanes) is 28. The summed E-state index contributed by atoms with van der Waals surface area (Å²) in [6.45, 7) is 2.32. The molecule has 5 unspecified atom stereocenters. The Labute approximate surface area is 699 Å². The summed E-state index contributed by atoms with van der Waals surface area (Å²) in [5.41, 5.74) is 0. The monoisotopic (exact) mass is 1640 g/mol. The first kappa shape index (κ1) is 109. The normalized spacial score (nSPS) is 14.7. The zero-order chi connectivity index (χ0) is 83.6. The molecule has 0 amide bonds. The van der Waals surface area contributed by atoms with Crippen molar-refractivity contribution in [2.24, 2.45) is 0 Å². The van der Waals surface area contributed by atoms with Crippen LogP contribution in [0.3, 0.4) is 0 Å². The number of phosphoric acid groups is 2. The molecule has 0 aromatic carbocycles. The number of allylic oxidation sites excluding steroid dienone is 32. The van der Waals surface area contributed by atoms with Crippen molar-refractivity contribution < 1.29 is 75.8 Å². The molecule has 5 atom stereocenters. The molecule has 0 fully saturated rings. The van der Waals surface area contributed by atoms with E-state index in [2.05, 4.69) is 215 Å². The highest BCUT2D eigenvalue weighted by atomic mass is 31.2. The van der Waals surface area contributed by atoms with Crippen LogP contribution in [0.2, 0.25) is 0 Å². The van der Waals surface area contributed by atoms with E-state index in [9.17, 15) is 43.5 Å². The van der Waals surface area contributed by atoms with Crippen molar-refractivity contribution in [3.8, 4) is 0 Å². The summed E-state index contributed by atoms with van der Waals surface area (Å²) in [5.74, 6) is -1.61. The highest BCUT2D eigenvalue weighted by Gasteiger charge is 2.29. The zero-order valence-corrected chi connectivity index (χ0v) is 73.7. The number of hydrogen-bond donors (Lipinski definition) is 4. The van der Waals surface area contributed by atoms with Gasteiger partial charge in [0, 0.05) is 19.3 Å². The Kier molecular flexibility index (Phi) is 83.4. The molecule has 0 saturated carbocycles. The molecule has 0 rings (SSSR count). The van der Waals surface area contributed by atoms with Crippen LogP contribution < -0.4 is 0 Å². The molecule has 0 aromatic heterocycles. The van der Waals surface area contributed by atoms with Crippen molar-refractivity contribution in [2.45, 2.75) is 360 Å². The van der Waals surface area contributed by atoms with Crippen molar-refractivity contribution in [1.29, 1.82) is 0 Å². The molecule has 0 bridgehead atoms. The quantitative estimate of drug-likeness (QED) is 0.0146. The summed E-state index contributed by atoms with van der Waals surface area (Å²) < 4.78 is 61.4. The van der Waals surface area contributed by atoms with E-state index in [4.69, 9.17) is 32.3 Å². The Morgan fingerprint density at radius 3 is 0.687 bits per heavy atom. The highest BCUT2D eigenvalue weighted by Crippen LogP contribution is 2.45. The van der Waals surface area contributed by atoms with E-state index in [0.717, 1.165) is 186 Å². The third-order valence-corrected chi connectivity index (χ3v) is 20.2. The molecule has 4 N–H and O–H groups in total. The van der Waals surface area contributed by atoms with Crippen LogP contribution in [0.25, 0.3) is 0 Å². The summed E-state index contributed by atoms with van der Waals surface area (Å²) in [6, 6.07) is 0. The van der Waals surface area contributed by atoms with Crippen LogP contribution in [0, 0.1) is 0 Å². The first-order valence-corrected chi connectivity index (χ1v) is 47.7. The SMILES string of the molecule is CC/C=C\C/C=C\C/C=C\C/C=C\C/C=C\C/C=C\CCCCCCCCCCCCCCC(=O)OCC(O)COP(=O)(O)OCC(O)COP(=O)(O)OCC(COC(=O)CCCCCCCCCCCCCC/C=C\C/C=C\C/C=C\C/C=C\C/C=C\C/C=C\CC)OC(=O)CCCCCC/C=C\C/C=C\C/C=C\C/C=C\CC. The molecule has 0 spiro atoms.